The lowest BCUT2D eigenvalue weighted by Crippen LogP contribution is -2.25. The van der Waals surface area contributed by atoms with Crippen LogP contribution in [0.2, 0.25) is 0 Å². The second-order valence-electron chi connectivity index (χ2n) is 17.3. The van der Waals surface area contributed by atoms with Crippen LogP contribution in [0, 0.1) is 0 Å². The number of unbranched alkanes of at least 4 members (excludes halogenated alkanes) is 10. The van der Waals surface area contributed by atoms with E-state index >= 15 is 0 Å². The molecule has 0 amide bonds. The Labute approximate surface area is 368 Å². The van der Waals surface area contributed by atoms with Crippen LogP contribution in [-0.4, -0.2) is 33.1 Å². The second kappa shape index (κ2) is 18.1. The van der Waals surface area contributed by atoms with Crippen LogP contribution in [0.4, 0.5) is 0 Å². The highest BCUT2D eigenvalue weighted by molar-refractivity contribution is 6.42. The van der Waals surface area contributed by atoms with Gasteiger partial charge in [-0.2, -0.15) is 0 Å². The van der Waals surface area contributed by atoms with Gasteiger partial charge < -0.3 is 8.83 Å². The van der Waals surface area contributed by atoms with Crippen molar-refractivity contribution in [2.75, 3.05) is 0 Å². The fraction of sp³-hybridized carbons (Fsp3) is 0.309. The molecule has 3 aliphatic rings. The number of ketones is 4. The number of hydrogen-bond donors (Lipinski definition) is 0. The standard InChI is InChI=1S/C55H52N2O6/c1-3-5-7-9-11-17-27-55(28-18-12-10-8-6-4-2)47-29-35(53-56-33-37(62-53)31-45-49(58)41-19-13-14-20-42(41)50(45)59)23-25-39(47)40-26-24-36(30-48(40)55)54-57-34-38(63-54)32-46-51(60)43-21-15-16-22-44(43)52(46)61/h13-16,19-26,29-34H,3-12,17-18,27-28H2,1-2H3. The SMILES string of the molecule is CCCCCCCCC1(CCCCCCCC)c2cc(-c3ncc(C=C4C(=O)c5ccccc5C4=O)o3)ccc2-c2ccc(-c3ncc(C=C4C(=O)c5ccccc5C4=O)o3)cc21. The van der Waals surface area contributed by atoms with Gasteiger partial charge in [-0.05, 0) is 71.5 Å². The first-order valence-corrected chi connectivity index (χ1v) is 22.8. The summed E-state index contributed by atoms with van der Waals surface area (Å²) in [5.74, 6) is 0.324. The predicted molar refractivity (Wildman–Crippen MR) is 246 cm³/mol. The van der Waals surface area contributed by atoms with Gasteiger partial charge in [0.2, 0.25) is 11.8 Å². The van der Waals surface area contributed by atoms with Crippen molar-refractivity contribution in [3.63, 3.8) is 0 Å². The molecule has 2 heterocycles. The van der Waals surface area contributed by atoms with Crippen molar-refractivity contribution in [1.82, 2.24) is 9.97 Å². The zero-order valence-electron chi connectivity index (χ0n) is 36.1. The molecule has 4 aromatic carbocycles. The quantitative estimate of drug-likeness (QED) is 0.0477. The summed E-state index contributed by atoms with van der Waals surface area (Å²) in [6, 6.07) is 26.7. The Kier molecular flexibility index (Phi) is 12.0. The number of allylic oxidation sites excluding steroid dienone is 2. The van der Waals surface area contributed by atoms with E-state index < -0.39 is 0 Å². The van der Waals surface area contributed by atoms with E-state index in [4.69, 9.17) is 8.83 Å². The first kappa shape index (κ1) is 41.8. The Balaban J connectivity index is 1.07. The lowest BCUT2D eigenvalue weighted by Gasteiger charge is -2.33. The monoisotopic (exact) mass is 836 g/mol. The van der Waals surface area contributed by atoms with E-state index in [1.54, 1.807) is 60.9 Å². The normalized spacial score (nSPS) is 14.6. The number of nitrogens with zero attached hydrogens (tertiary/aromatic N) is 2. The number of benzene rings is 4. The minimum atomic E-state index is -0.305. The van der Waals surface area contributed by atoms with Gasteiger partial charge in [-0.1, -0.05) is 152 Å². The Morgan fingerprint density at radius 2 is 0.825 bits per heavy atom. The van der Waals surface area contributed by atoms with Crippen LogP contribution in [0.1, 0.15) is 168 Å². The fourth-order valence-corrected chi connectivity index (χ4v) is 9.90. The molecule has 2 aromatic heterocycles. The Morgan fingerprint density at radius 3 is 1.21 bits per heavy atom. The van der Waals surface area contributed by atoms with Crippen LogP contribution < -0.4 is 0 Å². The number of rotatable bonds is 18. The Morgan fingerprint density at radius 1 is 0.460 bits per heavy atom. The van der Waals surface area contributed by atoms with Gasteiger partial charge in [-0.3, -0.25) is 19.2 Å². The van der Waals surface area contributed by atoms with Crippen LogP contribution in [0.3, 0.4) is 0 Å². The predicted octanol–water partition coefficient (Wildman–Crippen LogP) is 13.7. The first-order chi connectivity index (χ1) is 30.8. The number of oxazole rings is 2. The molecule has 0 N–H and O–H groups in total. The molecular formula is C55H52N2O6. The number of Topliss-reactive ketones (excluding diaryl/α,β-unsaturated/α-hetero) is 4. The van der Waals surface area contributed by atoms with Crippen LogP contribution >= 0.6 is 0 Å². The van der Waals surface area contributed by atoms with Gasteiger partial charge in [-0.25, -0.2) is 9.97 Å². The molecule has 6 aromatic rings. The molecule has 8 heteroatoms. The maximum Gasteiger partial charge on any atom is 0.226 e. The van der Waals surface area contributed by atoms with Crippen LogP contribution in [0.25, 0.3) is 46.2 Å². The highest BCUT2D eigenvalue weighted by Crippen LogP contribution is 2.56. The number of hydrogen-bond acceptors (Lipinski definition) is 8. The van der Waals surface area contributed by atoms with Crippen molar-refractivity contribution in [2.24, 2.45) is 0 Å². The van der Waals surface area contributed by atoms with Gasteiger partial charge in [0.1, 0.15) is 11.5 Å². The smallest absolute Gasteiger partial charge is 0.226 e. The Hall–Kier alpha value is -6.54. The highest BCUT2D eigenvalue weighted by Gasteiger charge is 2.43. The zero-order chi connectivity index (χ0) is 43.5. The van der Waals surface area contributed by atoms with Gasteiger partial charge in [0.15, 0.2) is 23.1 Å². The Bertz CT molecular complexity index is 2550. The summed E-state index contributed by atoms with van der Waals surface area (Å²) in [7, 11) is 0. The molecule has 0 aliphatic heterocycles. The average molecular weight is 837 g/mol. The minimum absolute atomic E-state index is 0.0805. The summed E-state index contributed by atoms with van der Waals surface area (Å²) in [4.78, 5) is 62.0. The number of aromatic nitrogens is 2. The summed E-state index contributed by atoms with van der Waals surface area (Å²) in [5, 5.41) is 0. The zero-order valence-corrected chi connectivity index (χ0v) is 36.1. The average Bonchev–Trinajstić information content (AvgIpc) is 4.13. The van der Waals surface area contributed by atoms with Crippen LogP contribution in [0.5, 0.6) is 0 Å². The molecule has 0 bridgehead atoms. The molecule has 318 valence electrons. The molecule has 0 atom stereocenters. The van der Waals surface area contributed by atoms with Gasteiger partial charge in [0.05, 0.1) is 23.5 Å². The summed E-state index contributed by atoms with van der Waals surface area (Å²) >= 11 is 0. The molecule has 3 aliphatic carbocycles. The molecule has 8 nitrogen and oxygen atoms in total. The first-order valence-electron chi connectivity index (χ1n) is 22.8. The summed E-state index contributed by atoms with van der Waals surface area (Å²) in [6.07, 6.45) is 22.4. The van der Waals surface area contributed by atoms with E-state index in [2.05, 4.69) is 48.1 Å². The van der Waals surface area contributed by atoms with Gasteiger partial charge in [-0.15, -0.1) is 0 Å². The van der Waals surface area contributed by atoms with Crippen molar-refractivity contribution in [1.29, 1.82) is 0 Å². The maximum atomic E-state index is 13.2. The van der Waals surface area contributed by atoms with E-state index in [1.165, 1.54) is 85.8 Å². The molecule has 9 rings (SSSR count). The topological polar surface area (TPSA) is 120 Å². The number of carbonyl (C=O) groups excluding carboxylic acids is 4. The molecule has 0 saturated carbocycles. The van der Waals surface area contributed by atoms with Crippen LogP contribution in [0.15, 0.2) is 117 Å². The molecule has 0 unspecified atom stereocenters. The third-order valence-electron chi connectivity index (χ3n) is 13.2. The highest BCUT2D eigenvalue weighted by atomic mass is 16.4. The number of fused-ring (bicyclic) bond motifs is 5. The van der Waals surface area contributed by atoms with E-state index in [0.29, 0.717) is 45.6 Å². The van der Waals surface area contributed by atoms with Crippen LogP contribution in [-0.2, 0) is 5.41 Å². The third-order valence-corrected chi connectivity index (χ3v) is 13.2. The van der Waals surface area contributed by atoms with E-state index in [1.807, 2.05) is 12.1 Å². The minimum Gasteiger partial charge on any atom is -0.437 e. The lowest BCUT2D eigenvalue weighted by atomic mass is 9.70. The molecule has 0 saturated heterocycles. The largest absolute Gasteiger partial charge is 0.437 e. The van der Waals surface area contributed by atoms with Gasteiger partial charge in [0, 0.05) is 38.8 Å². The van der Waals surface area contributed by atoms with E-state index in [-0.39, 0.29) is 39.7 Å². The molecule has 0 spiro atoms. The summed E-state index contributed by atoms with van der Waals surface area (Å²) < 4.78 is 12.6. The molecule has 63 heavy (non-hydrogen) atoms. The maximum absolute atomic E-state index is 13.2. The van der Waals surface area contributed by atoms with Gasteiger partial charge in [0.25, 0.3) is 0 Å². The molecular weight excluding hydrogens is 785 g/mol. The van der Waals surface area contributed by atoms with Crippen molar-refractivity contribution in [3.8, 4) is 34.0 Å². The van der Waals surface area contributed by atoms with E-state index in [0.717, 1.165) is 49.7 Å². The molecule has 0 fully saturated rings. The molecule has 0 radical (unpaired) electrons. The summed E-state index contributed by atoms with van der Waals surface area (Å²) in [5.41, 5.74) is 8.02. The number of carbonyl (C=O) groups is 4. The third kappa shape index (κ3) is 7.92. The van der Waals surface area contributed by atoms with Crippen molar-refractivity contribution >= 4 is 35.3 Å². The lowest BCUT2D eigenvalue weighted by molar-refractivity contribution is 0.0974. The summed E-state index contributed by atoms with van der Waals surface area (Å²) in [6.45, 7) is 4.50. The second-order valence-corrected chi connectivity index (χ2v) is 17.3. The van der Waals surface area contributed by atoms with Crippen molar-refractivity contribution in [3.05, 3.63) is 153 Å². The van der Waals surface area contributed by atoms with E-state index in [9.17, 15) is 19.2 Å². The van der Waals surface area contributed by atoms with Crippen molar-refractivity contribution in [2.45, 2.75) is 109 Å². The fourth-order valence-electron chi connectivity index (χ4n) is 9.90. The van der Waals surface area contributed by atoms with Crippen molar-refractivity contribution < 1.29 is 28.0 Å². The van der Waals surface area contributed by atoms with Gasteiger partial charge >= 0.3 is 0 Å².